The lowest BCUT2D eigenvalue weighted by Crippen LogP contribution is -2.32. The molecule has 1 aromatic carbocycles. The molecule has 0 bridgehead atoms. The second-order valence-corrected chi connectivity index (χ2v) is 4.82. The zero-order chi connectivity index (χ0) is 10.7. The molecule has 0 radical (unpaired) electrons. The van der Waals surface area contributed by atoms with Crippen LogP contribution in [0, 0.1) is 5.92 Å². The molecule has 15 heavy (non-hydrogen) atoms. The zero-order valence-corrected chi connectivity index (χ0v) is 9.28. The van der Waals surface area contributed by atoms with Gasteiger partial charge >= 0.3 is 0 Å². The largest absolute Gasteiger partial charge is 0.302 e. The van der Waals surface area contributed by atoms with Crippen LogP contribution in [0.2, 0.25) is 0 Å². The number of rotatable bonds is 2. The Balaban J connectivity index is 2.27. The second-order valence-electron chi connectivity index (χ2n) is 4.82. The maximum atomic E-state index is 11.4. The van der Waals surface area contributed by atoms with Crippen molar-refractivity contribution in [2.24, 2.45) is 5.92 Å². The summed E-state index contributed by atoms with van der Waals surface area (Å²) in [7, 11) is 0. The Morgan fingerprint density at radius 2 is 1.80 bits per heavy atom. The molecule has 0 N–H and O–H groups in total. The first-order chi connectivity index (χ1) is 7.27. The van der Waals surface area contributed by atoms with Crippen LogP contribution in [0.4, 0.5) is 0 Å². The molecule has 0 aromatic heterocycles. The highest BCUT2D eigenvalue weighted by Gasteiger charge is 2.35. The van der Waals surface area contributed by atoms with Gasteiger partial charge in [0, 0.05) is 0 Å². The molecule has 1 fully saturated rings. The van der Waals surface area contributed by atoms with Crippen molar-refractivity contribution in [1.29, 1.82) is 0 Å². The van der Waals surface area contributed by atoms with E-state index in [4.69, 9.17) is 0 Å². The van der Waals surface area contributed by atoms with Gasteiger partial charge in [0.2, 0.25) is 0 Å². The Kier molecular flexibility index (Phi) is 2.90. The summed E-state index contributed by atoms with van der Waals surface area (Å²) in [6.07, 6.45) is 5.55. The van der Waals surface area contributed by atoms with Crippen LogP contribution in [0.25, 0.3) is 0 Å². The van der Waals surface area contributed by atoms with Crippen LogP contribution in [0.3, 0.4) is 0 Å². The molecule has 0 amide bonds. The van der Waals surface area contributed by atoms with Gasteiger partial charge in [-0.15, -0.1) is 0 Å². The first kappa shape index (κ1) is 10.4. The highest BCUT2D eigenvalue weighted by Crippen LogP contribution is 2.39. The molecule has 1 aromatic rings. The summed E-state index contributed by atoms with van der Waals surface area (Å²) in [5, 5.41) is 0. The monoisotopic (exact) mass is 202 g/mol. The minimum atomic E-state index is -0.187. The molecular weight excluding hydrogens is 184 g/mol. The van der Waals surface area contributed by atoms with Crippen LogP contribution >= 0.6 is 0 Å². The molecule has 0 spiro atoms. The summed E-state index contributed by atoms with van der Waals surface area (Å²) in [4.78, 5) is 11.4. The van der Waals surface area contributed by atoms with Gasteiger partial charge in [0.05, 0.1) is 5.41 Å². The quantitative estimate of drug-likeness (QED) is 0.672. The van der Waals surface area contributed by atoms with Gasteiger partial charge in [-0.25, -0.2) is 0 Å². The Morgan fingerprint density at radius 3 is 2.33 bits per heavy atom. The van der Waals surface area contributed by atoms with Crippen LogP contribution in [0.5, 0.6) is 0 Å². The van der Waals surface area contributed by atoms with E-state index in [0.29, 0.717) is 0 Å². The van der Waals surface area contributed by atoms with E-state index >= 15 is 0 Å². The Bertz CT molecular complexity index is 320. The molecule has 0 unspecified atom stereocenters. The zero-order valence-electron chi connectivity index (χ0n) is 9.28. The Hall–Kier alpha value is -1.11. The molecule has 1 aliphatic carbocycles. The highest BCUT2D eigenvalue weighted by atomic mass is 16.1. The average Bonchev–Trinajstić information content (AvgIpc) is 2.32. The summed E-state index contributed by atoms with van der Waals surface area (Å²) < 4.78 is 0. The number of hydrogen-bond acceptors (Lipinski definition) is 1. The van der Waals surface area contributed by atoms with Gasteiger partial charge in [-0.1, -0.05) is 37.3 Å². The van der Waals surface area contributed by atoms with Crippen molar-refractivity contribution in [3.63, 3.8) is 0 Å². The fraction of sp³-hybridized carbons (Fsp3) is 0.500. The van der Waals surface area contributed by atoms with Crippen molar-refractivity contribution in [3.05, 3.63) is 35.9 Å². The van der Waals surface area contributed by atoms with Gasteiger partial charge in [0.25, 0.3) is 0 Å². The summed E-state index contributed by atoms with van der Waals surface area (Å²) >= 11 is 0. The standard InChI is InChI=1S/C14H18O/c1-12-7-9-14(11-15,10-8-12)13-5-3-2-4-6-13/h2-6,11-12H,7-10H2,1H3. The molecule has 0 atom stereocenters. The highest BCUT2D eigenvalue weighted by molar-refractivity contribution is 5.68. The van der Waals surface area contributed by atoms with E-state index < -0.39 is 0 Å². The van der Waals surface area contributed by atoms with Crippen LogP contribution < -0.4 is 0 Å². The van der Waals surface area contributed by atoms with E-state index in [-0.39, 0.29) is 5.41 Å². The number of hydrogen-bond donors (Lipinski definition) is 0. The summed E-state index contributed by atoms with van der Waals surface area (Å²) in [6, 6.07) is 10.2. The number of benzene rings is 1. The molecule has 1 saturated carbocycles. The molecule has 1 nitrogen and oxygen atoms in total. The smallest absolute Gasteiger partial charge is 0.130 e. The van der Waals surface area contributed by atoms with Gasteiger partial charge in [-0.05, 0) is 37.2 Å². The average molecular weight is 202 g/mol. The van der Waals surface area contributed by atoms with Crippen LogP contribution in [-0.2, 0) is 10.2 Å². The fourth-order valence-electron chi connectivity index (χ4n) is 2.52. The van der Waals surface area contributed by atoms with Crippen molar-refractivity contribution in [3.8, 4) is 0 Å². The van der Waals surface area contributed by atoms with Crippen LogP contribution in [-0.4, -0.2) is 6.29 Å². The van der Waals surface area contributed by atoms with Gasteiger partial charge in [-0.2, -0.15) is 0 Å². The topological polar surface area (TPSA) is 17.1 Å². The second kappa shape index (κ2) is 4.18. The lowest BCUT2D eigenvalue weighted by molar-refractivity contribution is -0.113. The normalized spacial score (nSPS) is 31.1. The van der Waals surface area contributed by atoms with E-state index in [1.165, 1.54) is 24.7 Å². The van der Waals surface area contributed by atoms with E-state index in [1.807, 2.05) is 18.2 Å². The summed E-state index contributed by atoms with van der Waals surface area (Å²) in [5.74, 6) is 0.779. The first-order valence-electron chi connectivity index (χ1n) is 5.79. The van der Waals surface area contributed by atoms with E-state index in [1.54, 1.807) is 0 Å². The third-order valence-electron chi connectivity index (χ3n) is 3.74. The van der Waals surface area contributed by atoms with Crippen molar-refractivity contribution in [2.45, 2.75) is 38.0 Å². The molecule has 80 valence electrons. The Labute approximate surface area is 91.5 Å². The number of aldehydes is 1. The van der Waals surface area contributed by atoms with Gasteiger partial charge in [0.15, 0.2) is 0 Å². The molecule has 2 rings (SSSR count). The third kappa shape index (κ3) is 1.97. The maximum absolute atomic E-state index is 11.4. The van der Waals surface area contributed by atoms with Crippen molar-refractivity contribution >= 4 is 6.29 Å². The van der Waals surface area contributed by atoms with Crippen molar-refractivity contribution < 1.29 is 4.79 Å². The van der Waals surface area contributed by atoms with Crippen molar-refractivity contribution in [2.75, 3.05) is 0 Å². The van der Waals surface area contributed by atoms with E-state index in [9.17, 15) is 4.79 Å². The van der Waals surface area contributed by atoms with Gasteiger partial charge < -0.3 is 4.79 Å². The maximum Gasteiger partial charge on any atom is 0.130 e. The van der Waals surface area contributed by atoms with Gasteiger partial charge in [-0.3, -0.25) is 0 Å². The minimum Gasteiger partial charge on any atom is -0.302 e. The molecule has 0 saturated heterocycles. The summed E-state index contributed by atoms with van der Waals surface area (Å²) in [6.45, 7) is 2.28. The minimum absolute atomic E-state index is 0.187. The van der Waals surface area contributed by atoms with Gasteiger partial charge in [0.1, 0.15) is 6.29 Å². The van der Waals surface area contributed by atoms with Crippen LogP contribution in [0.15, 0.2) is 30.3 Å². The molecule has 0 aliphatic heterocycles. The lowest BCUT2D eigenvalue weighted by atomic mass is 9.68. The fourth-order valence-corrected chi connectivity index (χ4v) is 2.52. The molecular formula is C14H18O. The molecule has 0 heterocycles. The number of carbonyl (C=O) groups excluding carboxylic acids is 1. The SMILES string of the molecule is CC1CCC(C=O)(c2ccccc2)CC1. The first-order valence-corrected chi connectivity index (χ1v) is 5.79. The van der Waals surface area contributed by atoms with E-state index in [0.717, 1.165) is 18.8 Å². The predicted molar refractivity (Wildman–Crippen MR) is 61.8 cm³/mol. The molecule has 1 aliphatic rings. The third-order valence-corrected chi connectivity index (χ3v) is 3.74. The van der Waals surface area contributed by atoms with Crippen molar-refractivity contribution in [1.82, 2.24) is 0 Å². The summed E-state index contributed by atoms with van der Waals surface area (Å²) in [5.41, 5.74) is 1.01. The predicted octanol–water partition coefficient (Wildman–Crippen LogP) is 3.33. The lowest BCUT2D eigenvalue weighted by Gasteiger charge is -2.35. The Morgan fingerprint density at radius 1 is 1.20 bits per heavy atom. The van der Waals surface area contributed by atoms with E-state index in [2.05, 4.69) is 19.1 Å². The molecule has 1 heteroatoms. The van der Waals surface area contributed by atoms with Crippen LogP contribution in [0.1, 0.15) is 38.2 Å². The number of carbonyl (C=O) groups is 1.